The van der Waals surface area contributed by atoms with Gasteiger partial charge in [0.25, 0.3) is 5.91 Å². The number of nitrogens with two attached hydrogens (primary N) is 1. The van der Waals surface area contributed by atoms with Crippen LogP contribution in [0.25, 0.3) is 11.0 Å². The molecule has 0 aliphatic carbocycles. The van der Waals surface area contributed by atoms with E-state index in [9.17, 15) is 4.79 Å². The number of aromatic nitrogens is 2. The zero-order chi connectivity index (χ0) is 18.2. The summed E-state index contributed by atoms with van der Waals surface area (Å²) in [6.07, 6.45) is 0. The molecule has 0 saturated carbocycles. The van der Waals surface area contributed by atoms with Gasteiger partial charge in [0.2, 0.25) is 11.6 Å². The standard InChI is InChI=1S/C18H14N6O3/c19-16-22-17-21-10-3-1-2-4-12(10)24(17)18(23-16)9-7-13-14(27-6-5-26-13)8-11(9)20-15(18)25/h1-4,7-8H,5-6H2,(H,20,25)(H3,19,21,22,23). The molecule has 1 spiro atoms. The van der Waals surface area contributed by atoms with Crippen LogP contribution in [-0.2, 0) is 10.5 Å². The maximum absolute atomic E-state index is 13.2. The highest BCUT2D eigenvalue weighted by molar-refractivity contribution is 6.11. The quantitative estimate of drug-likeness (QED) is 0.553. The molecule has 1 aromatic heterocycles. The van der Waals surface area contributed by atoms with Gasteiger partial charge in [-0.3, -0.25) is 14.7 Å². The van der Waals surface area contributed by atoms with Crippen LogP contribution in [0.2, 0.25) is 0 Å². The Morgan fingerprint density at radius 3 is 2.74 bits per heavy atom. The summed E-state index contributed by atoms with van der Waals surface area (Å²) in [6.45, 7) is 0.919. The van der Waals surface area contributed by atoms with Crippen molar-refractivity contribution in [1.29, 1.82) is 0 Å². The van der Waals surface area contributed by atoms with E-state index in [1.54, 1.807) is 16.7 Å². The Bertz CT molecular complexity index is 1180. The monoisotopic (exact) mass is 362 g/mol. The Labute approximate surface area is 152 Å². The number of benzene rings is 2. The molecule has 4 heterocycles. The number of amides is 1. The second-order valence-corrected chi connectivity index (χ2v) is 6.55. The van der Waals surface area contributed by atoms with Gasteiger partial charge in [0, 0.05) is 11.6 Å². The van der Waals surface area contributed by atoms with Crippen LogP contribution in [0.15, 0.2) is 41.4 Å². The minimum atomic E-state index is -1.40. The van der Waals surface area contributed by atoms with Crippen LogP contribution in [0.4, 0.5) is 11.6 Å². The van der Waals surface area contributed by atoms with Gasteiger partial charge in [-0.05, 0) is 18.2 Å². The minimum absolute atomic E-state index is 0.121. The summed E-state index contributed by atoms with van der Waals surface area (Å²) >= 11 is 0. The summed E-state index contributed by atoms with van der Waals surface area (Å²) in [7, 11) is 0. The first-order valence-electron chi connectivity index (χ1n) is 8.53. The Hall–Kier alpha value is -3.75. The summed E-state index contributed by atoms with van der Waals surface area (Å²) in [6, 6.07) is 11.1. The fraction of sp³-hybridized carbons (Fsp3) is 0.167. The predicted molar refractivity (Wildman–Crippen MR) is 98.1 cm³/mol. The van der Waals surface area contributed by atoms with Crippen LogP contribution in [-0.4, -0.2) is 34.6 Å². The molecule has 3 aliphatic rings. The van der Waals surface area contributed by atoms with Crippen molar-refractivity contribution in [2.75, 3.05) is 23.8 Å². The van der Waals surface area contributed by atoms with Gasteiger partial charge in [0.15, 0.2) is 17.5 Å². The molecule has 3 aromatic rings. The average Bonchev–Trinajstić information content (AvgIpc) is 3.16. The number of aliphatic imine (C=N–C) groups is 1. The molecule has 9 nitrogen and oxygen atoms in total. The van der Waals surface area contributed by atoms with Crippen LogP contribution in [0.1, 0.15) is 5.56 Å². The molecule has 27 heavy (non-hydrogen) atoms. The van der Waals surface area contributed by atoms with Crippen molar-refractivity contribution in [3.8, 4) is 11.5 Å². The van der Waals surface area contributed by atoms with E-state index in [1.807, 2.05) is 24.3 Å². The minimum Gasteiger partial charge on any atom is -0.486 e. The number of carbonyl (C=O) groups excluding carboxylic acids is 1. The van der Waals surface area contributed by atoms with Crippen LogP contribution >= 0.6 is 0 Å². The first-order valence-corrected chi connectivity index (χ1v) is 8.53. The van der Waals surface area contributed by atoms with Crippen molar-refractivity contribution in [3.63, 3.8) is 0 Å². The number of nitrogens with zero attached hydrogens (tertiary/aromatic N) is 3. The van der Waals surface area contributed by atoms with Crippen molar-refractivity contribution < 1.29 is 14.3 Å². The normalized spacial score (nSPS) is 22.1. The van der Waals surface area contributed by atoms with E-state index in [0.717, 1.165) is 11.0 Å². The third-order valence-corrected chi connectivity index (χ3v) is 5.03. The largest absolute Gasteiger partial charge is 0.486 e. The van der Waals surface area contributed by atoms with E-state index < -0.39 is 5.66 Å². The summed E-state index contributed by atoms with van der Waals surface area (Å²) in [5.41, 5.74) is 7.41. The van der Waals surface area contributed by atoms with Crippen molar-refractivity contribution in [1.82, 2.24) is 9.55 Å². The van der Waals surface area contributed by atoms with E-state index in [1.165, 1.54) is 0 Å². The first kappa shape index (κ1) is 14.4. The molecule has 4 N–H and O–H groups in total. The van der Waals surface area contributed by atoms with Crippen LogP contribution < -0.4 is 25.8 Å². The lowest BCUT2D eigenvalue weighted by Crippen LogP contribution is -2.47. The van der Waals surface area contributed by atoms with Gasteiger partial charge < -0.3 is 20.5 Å². The van der Waals surface area contributed by atoms with E-state index in [4.69, 9.17) is 15.2 Å². The van der Waals surface area contributed by atoms with Crippen LogP contribution in [0.3, 0.4) is 0 Å². The second-order valence-electron chi connectivity index (χ2n) is 6.55. The lowest BCUT2D eigenvalue weighted by Gasteiger charge is -2.31. The van der Waals surface area contributed by atoms with Gasteiger partial charge in [0.1, 0.15) is 13.2 Å². The topological polar surface area (TPSA) is 116 Å². The summed E-state index contributed by atoms with van der Waals surface area (Å²) in [5.74, 6) is 1.44. The van der Waals surface area contributed by atoms with Crippen LogP contribution in [0, 0.1) is 0 Å². The van der Waals surface area contributed by atoms with Crippen molar-refractivity contribution >= 4 is 34.5 Å². The zero-order valence-corrected chi connectivity index (χ0v) is 14.0. The van der Waals surface area contributed by atoms with E-state index in [2.05, 4.69) is 20.6 Å². The second kappa shape index (κ2) is 4.70. The molecule has 0 fully saturated rings. The predicted octanol–water partition coefficient (Wildman–Crippen LogP) is 1.20. The van der Waals surface area contributed by atoms with Crippen molar-refractivity contribution in [2.24, 2.45) is 10.7 Å². The number of ether oxygens (including phenoxy) is 2. The maximum Gasteiger partial charge on any atom is 0.278 e. The Morgan fingerprint density at radius 2 is 1.89 bits per heavy atom. The number of rotatable bonds is 0. The van der Waals surface area contributed by atoms with Crippen molar-refractivity contribution in [2.45, 2.75) is 5.66 Å². The number of fused-ring (bicyclic) bond motifs is 7. The van der Waals surface area contributed by atoms with E-state index in [-0.39, 0.29) is 11.9 Å². The van der Waals surface area contributed by atoms with Gasteiger partial charge >= 0.3 is 0 Å². The molecular weight excluding hydrogens is 348 g/mol. The molecule has 0 saturated heterocycles. The summed E-state index contributed by atoms with van der Waals surface area (Å²) in [4.78, 5) is 22.4. The molecule has 1 atom stereocenters. The van der Waals surface area contributed by atoms with Gasteiger partial charge in [-0.2, -0.15) is 0 Å². The SMILES string of the molecule is NC1=NC2(C(=O)Nc3cc4c(cc32)OCCO4)n2c(nc3ccccc32)N1. The number of hydrogen-bond acceptors (Lipinski definition) is 7. The smallest absolute Gasteiger partial charge is 0.278 e. The number of nitrogens with one attached hydrogen (secondary N) is 2. The third kappa shape index (κ3) is 1.70. The number of guanidine groups is 1. The van der Waals surface area contributed by atoms with E-state index >= 15 is 0 Å². The lowest BCUT2D eigenvalue weighted by atomic mass is 9.99. The van der Waals surface area contributed by atoms with Gasteiger partial charge in [-0.15, -0.1) is 0 Å². The first-order chi connectivity index (χ1) is 13.2. The maximum atomic E-state index is 13.2. The fourth-order valence-corrected chi connectivity index (χ4v) is 3.95. The Morgan fingerprint density at radius 1 is 1.11 bits per heavy atom. The fourth-order valence-electron chi connectivity index (χ4n) is 3.95. The number of para-hydroxylation sites is 2. The molecule has 0 radical (unpaired) electrons. The molecular formula is C18H14N6O3. The molecule has 134 valence electrons. The van der Waals surface area contributed by atoms with Gasteiger partial charge in [0.05, 0.1) is 16.7 Å². The summed E-state index contributed by atoms with van der Waals surface area (Å²) in [5, 5.41) is 5.87. The molecule has 1 amide bonds. The average molecular weight is 362 g/mol. The summed E-state index contributed by atoms with van der Waals surface area (Å²) < 4.78 is 13.1. The molecule has 3 aliphatic heterocycles. The number of anilines is 2. The molecule has 2 aromatic carbocycles. The van der Waals surface area contributed by atoms with E-state index in [0.29, 0.717) is 41.9 Å². The molecule has 1 unspecified atom stereocenters. The number of carbonyl (C=O) groups is 1. The number of hydrogen-bond donors (Lipinski definition) is 3. The van der Waals surface area contributed by atoms with Gasteiger partial charge in [-0.1, -0.05) is 12.1 Å². The van der Waals surface area contributed by atoms with Gasteiger partial charge in [-0.25, -0.2) is 9.98 Å². The highest BCUT2D eigenvalue weighted by Crippen LogP contribution is 2.49. The Kier molecular flexibility index (Phi) is 2.51. The van der Waals surface area contributed by atoms with Crippen molar-refractivity contribution in [3.05, 3.63) is 42.0 Å². The molecule has 9 heteroatoms. The lowest BCUT2D eigenvalue weighted by molar-refractivity contribution is -0.121. The zero-order valence-electron chi connectivity index (χ0n) is 14.0. The Balaban J connectivity index is 1.70. The highest BCUT2D eigenvalue weighted by atomic mass is 16.6. The van der Waals surface area contributed by atoms with Crippen LogP contribution in [0.5, 0.6) is 11.5 Å². The molecule has 6 rings (SSSR count). The highest BCUT2D eigenvalue weighted by Gasteiger charge is 2.53. The number of imidazole rings is 1. The molecule has 0 bridgehead atoms. The third-order valence-electron chi connectivity index (χ3n) is 5.03.